The van der Waals surface area contributed by atoms with Crippen LogP contribution in [0.4, 0.5) is 17.1 Å². The number of hydrogen-bond donors (Lipinski definition) is 1. The van der Waals surface area contributed by atoms with Crippen LogP contribution >= 0.6 is 0 Å². The van der Waals surface area contributed by atoms with Crippen molar-refractivity contribution in [2.24, 2.45) is 11.3 Å². The Hall–Kier alpha value is -3.27. The van der Waals surface area contributed by atoms with Crippen LogP contribution in [0.2, 0.25) is 0 Å². The number of aryl methyl sites for hydroxylation is 1. The van der Waals surface area contributed by atoms with E-state index in [1.807, 2.05) is 46.9 Å². The van der Waals surface area contributed by atoms with Gasteiger partial charge in [-0.25, -0.2) is 0 Å². The molecule has 5 rings (SSSR count). The normalized spacial score (nSPS) is 12.4. The van der Waals surface area contributed by atoms with E-state index in [9.17, 15) is 9.90 Å². The quantitative estimate of drug-likeness (QED) is 0.0983. The van der Waals surface area contributed by atoms with Crippen molar-refractivity contribution in [3.05, 3.63) is 96.4 Å². The molecule has 0 atom stereocenters. The Morgan fingerprint density at radius 3 is 2.27 bits per heavy atom. The number of pyridine rings is 1. The summed E-state index contributed by atoms with van der Waals surface area (Å²) in [6, 6.07) is 26.8. The molecule has 41 heavy (non-hydrogen) atoms. The molecule has 0 saturated heterocycles. The van der Waals surface area contributed by atoms with Crippen LogP contribution in [0.15, 0.2) is 84.8 Å². The predicted molar refractivity (Wildman–Crippen MR) is 167 cm³/mol. The van der Waals surface area contributed by atoms with Gasteiger partial charge in [0.25, 0.3) is 0 Å². The third-order valence-electron chi connectivity index (χ3n) is 8.41. The number of para-hydroxylation sites is 1. The van der Waals surface area contributed by atoms with Crippen molar-refractivity contribution < 1.29 is 30.0 Å². The van der Waals surface area contributed by atoms with Gasteiger partial charge in [0.15, 0.2) is 5.78 Å². The molecule has 0 saturated carbocycles. The van der Waals surface area contributed by atoms with E-state index in [4.69, 9.17) is 4.98 Å². The first-order valence-corrected chi connectivity index (χ1v) is 14.5. The molecule has 1 N–H and O–H groups in total. The summed E-state index contributed by atoms with van der Waals surface area (Å²) in [5, 5.41) is 12.3. The standard InChI is InChI=1S/C22H15N2.C14H26O2.Ir/c1-15-10-11-19-18(14-15)22-21-16(12-13-23-22)6-5-9-20(21)24(19)17-7-3-2-4-8-17;1-6-11(7-2)12(15)10-13(16)14(5,8-3)9-4;/h2-13H,1H3;10-11,15H,6-9H2,1-5H3;/q-1;;/b;12-10-;. The van der Waals surface area contributed by atoms with Crippen LogP contribution in [-0.4, -0.2) is 15.9 Å². The van der Waals surface area contributed by atoms with Crippen molar-refractivity contribution in [1.29, 1.82) is 0 Å². The largest absolute Gasteiger partial charge is 0.512 e. The molecule has 3 aromatic carbocycles. The molecule has 4 aromatic rings. The number of aliphatic hydroxyl groups excluding tert-OH is 1. The van der Waals surface area contributed by atoms with Crippen molar-refractivity contribution in [3.8, 4) is 11.3 Å². The van der Waals surface area contributed by atoms with Crippen molar-refractivity contribution in [2.45, 2.75) is 67.2 Å². The molecule has 1 aromatic heterocycles. The molecule has 0 amide bonds. The smallest absolute Gasteiger partial charge is 0.164 e. The van der Waals surface area contributed by atoms with E-state index >= 15 is 0 Å². The predicted octanol–water partition coefficient (Wildman–Crippen LogP) is 10.1. The van der Waals surface area contributed by atoms with Crippen LogP contribution in [0.1, 0.15) is 65.9 Å². The first-order chi connectivity index (χ1) is 19.3. The fourth-order valence-electron chi connectivity index (χ4n) is 5.26. The average Bonchev–Trinajstić information content (AvgIpc) is 2.98. The van der Waals surface area contributed by atoms with Crippen LogP contribution in [0, 0.1) is 24.3 Å². The molecule has 4 nitrogen and oxygen atoms in total. The Kier molecular flexibility index (Phi) is 11.1. The van der Waals surface area contributed by atoms with Crippen LogP contribution in [0.5, 0.6) is 0 Å². The number of aliphatic hydroxyl groups is 1. The molecule has 2 heterocycles. The van der Waals surface area contributed by atoms with Gasteiger partial charge in [-0.3, -0.25) is 4.79 Å². The van der Waals surface area contributed by atoms with Gasteiger partial charge in [0.1, 0.15) is 0 Å². The van der Waals surface area contributed by atoms with Gasteiger partial charge in [0.05, 0.1) is 5.76 Å². The zero-order chi connectivity index (χ0) is 28.9. The molecule has 1 aliphatic heterocycles. The summed E-state index contributed by atoms with van der Waals surface area (Å²) in [4.78, 5) is 19.0. The molecule has 5 heteroatoms. The number of nitrogens with zero attached hydrogens (tertiary/aromatic N) is 2. The van der Waals surface area contributed by atoms with Crippen molar-refractivity contribution >= 4 is 33.6 Å². The summed E-state index contributed by atoms with van der Waals surface area (Å²) in [7, 11) is 0. The zero-order valence-electron chi connectivity index (χ0n) is 25.0. The van der Waals surface area contributed by atoms with E-state index in [-0.39, 0.29) is 43.0 Å². The summed E-state index contributed by atoms with van der Waals surface area (Å²) >= 11 is 0. The summed E-state index contributed by atoms with van der Waals surface area (Å²) in [6.45, 7) is 12.1. The second-order valence-corrected chi connectivity index (χ2v) is 10.8. The SMILES string of the molecule is CCC(CC)/C(O)=C/C(=O)C(C)(CC)CC.Cc1[c-]c2c(cc1)N(c1ccccc1)c1cccc3ccnc-2c13.[Ir]. The van der Waals surface area contributed by atoms with Gasteiger partial charge in [-0.1, -0.05) is 71.9 Å². The van der Waals surface area contributed by atoms with E-state index in [0.29, 0.717) is 0 Å². The Bertz CT molecular complexity index is 1500. The summed E-state index contributed by atoms with van der Waals surface area (Å²) < 4.78 is 0. The van der Waals surface area contributed by atoms with Gasteiger partial charge in [-0.05, 0) is 72.1 Å². The minimum Gasteiger partial charge on any atom is -0.512 e. The maximum atomic E-state index is 12.0. The first-order valence-electron chi connectivity index (χ1n) is 14.5. The maximum Gasteiger partial charge on any atom is 0.164 e. The Morgan fingerprint density at radius 2 is 1.63 bits per heavy atom. The molecule has 1 aliphatic rings. The number of carbonyl (C=O) groups excluding carboxylic acids is 1. The second-order valence-electron chi connectivity index (χ2n) is 10.8. The number of hydrogen-bond acceptors (Lipinski definition) is 4. The number of allylic oxidation sites excluding steroid dienone is 2. The first kappa shape index (κ1) is 32.2. The zero-order valence-corrected chi connectivity index (χ0v) is 27.4. The molecule has 217 valence electrons. The van der Waals surface area contributed by atoms with Gasteiger partial charge in [0.2, 0.25) is 0 Å². The van der Waals surface area contributed by atoms with Crippen molar-refractivity contribution in [3.63, 3.8) is 0 Å². The van der Waals surface area contributed by atoms with Gasteiger partial charge < -0.3 is 15.0 Å². The van der Waals surface area contributed by atoms with Crippen LogP contribution in [-0.2, 0) is 24.9 Å². The third kappa shape index (κ3) is 6.63. The maximum absolute atomic E-state index is 12.0. The van der Waals surface area contributed by atoms with E-state index < -0.39 is 0 Å². The molecular weight excluding hydrogens is 685 g/mol. The number of benzene rings is 3. The number of carbonyl (C=O) groups is 1. The molecule has 0 fully saturated rings. The van der Waals surface area contributed by atoms with Gasteiger partial charge >= 0.3 is 0 Å². The van der Waals surface area contributed by atoms with E-state index in [2.05, 4.69) is 78.6 Å². The molecular formula is C36H41IrN2O2-. The van der Waals surface area contributed by atoms with E-state index in [0.717, 1.165) is 53.9 Å². The fourth-order valence-corrected chi connectivity index (χ4v) is 5.26. The van der Waals surface area contributed by atoms with Crippen LogP contribution in [0.3, 0.4) is 0 Å². The van der Waals surface area contributed by atoms with Crippen LogP contribution in [0.25, 0.3) is 22.0 Å². The molecule has 0 unspecified atom stereocenters. The minimum absolute atomic E-state index is 0. The molecule has 0 aliphatic carbocycles. The van der Waals surface area contributed by atoms with Gasteiger partial charge in [-0.15, -0.1) is 29.3 Å². The summed E-state index contributed by atoms with van der Waals surface area (Å²) in [6.07, 6.45) is 6.72. The van der Waals surface area contributed by atoms with E-state index in [1.165, 1.54) is 22.5 Å². The fraction of sp³-hybridized carbons (Fsp3) is 0.333. The Morgan fingerprint density at radius 1 is 0.951 bits per heavy atom. The van der Waals surface area contributed by atoms with Gasteiger partial charge in [0, 0.05) is 55.1 Å². The third-order valence-corrected chi connectivity index (χ3v) is 8.41. The van der Waals surface area contributed by atoms with E-state index in [1.54, 1.807) is 0 Å². The molecule has 0 bridgehead atoms. The second kappa shape index (κ2) is 14.1. The average molecular weight is 726 g/mol. The van der Waals surface area contributed by atoms with Crippen molar-refractivity contribution in [1.82, 2.24) is 4.98 Å². The Labute approximate surface area is 258 Å². The number of anilines is 3. The molecule has 0 spiro atoms. The number of fused-ring (bicyclic) bond motifs is 2. The Balaban J connectivity index is 0.000000242. The number of rotatable bonds is 8. The monoisotopic (exact) mass is 726 g/mol. The summed E-state index contributed by atoms with van der Waals surface area (Å²) in [5.41, 5.74) is 6.35. The summed E-state index contributed by atoms with van der Waals surface area (Å²) in [5.74, 6) is 0.437. The molecule has 1 radical (unpaired) electrons. The number of aromatic nitrogens is 1. The van der Waals surface area contributed by atoms with Crippen LogP contribution < -0.4 is 4.90 Å². The minimum atomic E-state index is -0.319. The van der Waals surface area contributed by atoms with Gasteiger partial charge in [-0.2, -0.15) is 0 Å². The number of ketones is 1. The van der Waals surface area contributed by atoms with Crippen molar-refractivity contribution in [2.75, 3.05) is 4.90 Å². The topological polar surface area (TPSA) is 53.4 Å².